The van der Waals surface area contributed by atoms with Gasteiger partial charge >= 0.3 is 6.09 Å². The summed E-state index contributed by atoms with van der Waals surface area (Å²) in [7, 11) is -3.48. The van der Waals surface area contributed by atoms with E-state index in [-0.39, 0.29) is 24.6 Å². The number of carbonyl (C=O) groups excluding carboxylic acids is 2. The predicted octanol–water partition coefficient (Wildman–Crippen LogP) is 0.784. The first-order valence-electron chi connectivity index (χ1n) is 8.14. The second kappa shape index (κ2) is 8.15. The molecule has 1 N–H and O–H groups in total. The lowest BCUT2D eigenvalue weighted by molar-refractivity contribution is -0.123. The fourth-order valence-corrected chi connectivity index (χ4v) is 4.02. The van der Waals surface area contributed by atoms with Crippen LogP contribution in [0.1, 0.15) is 40.5 Å². The monoisotopic (exact) mass is 363 g/mol. The first-order valence-corrected chi connectivity index (χ1v) is 9.99. The van der Waals surface area contributed by atoms with Crippen LogP contribution < -0.4 is 5.32 Å². The predicted molar refractivity (Wildman–Crippen MR) is 91.1 cm³/mol. The minimum absolute atomic E-state index is 0.0652. The van der Waals surface area contributed by atoms with E-state index < -0.39 is 15.6 Å². The molecule has 24 heavy (non-hydrogen) atoms. The molecule has 0 aromatic rings. The van der Waals surface area contributed by atoms with E-state index in [0.717, 1.165) is 6.26 Å². The number of nitrogens with one attached hydrogen (secondary N) is 1. The zero-order chi connectivity index (χ0) is 18.5. The number of sulfonamides is 1. The van der Waals surface area contributed by atoms with Crippen molar-refractivity contribution in [3.63, 3.8) is 0 Å². The van der Waals surface area contributed by atoms with Crippen LogP contribution in [0, 0.1) is 0 Å². The fraction of sp³-hybridized carbons (Fsp3) is 0.867. The number of likely N-dealkylation sites (tertiary alicyclic amines) is 1. The maximum atomic E-state index is 12.2. The highest BCUT2D eigenvalue weighted by atomic mass is 32.2. The molecule has 0 atom stereocenters. The highest BCUT2D eigenvalue weighted by Crippen LogP contribution is 2.17. The molecule has 0 spiro atoms. The van der Waals surface area contributed by atoms with Crippen LogP contribution in [0.2, 0.25) is 0 Å². The van der Waals surface area contributed by atoms with E-state index in [1.54, 1.807) is 32.6 Å². The molecule has 1 aliphatic heterocycles. The summed E-state index contributed by atoms with van der Waals surface area (Å²) in [6, 6.07) is -0.0652. The summed E-state index contributed by atoms with van der Waals surface area (Å²) >= 11 is 0. The molecule has 2 amide bonds. The van der Waals surface area contributed by atoms with Crippen LogP contribution >= 0.6 is 0 Å². The third-order valence-electron chi connectivity index (χ3n) is 3.82. The van der Waals surface area contributed by atoms with Gasteiger partial charge < -0.3 is 15.0 Å². The summed E-state index contributed by atoms with van der Waals surface area (Å²) in [6.07, 6.45) is 2.01. The normalized spacial score (nSPS) is 17.0. The van der Waals surface area contributed by atoms with Gasteiger partial charge in [0, 0.05) is 24.7 Å². The SMILES string of the molecule is CCOC(=O)N1CCC(NC(=O)CN(C(C)(C)C)S(C)(=O)=O)CC1. The first-order chi connectivity index (χ1) is 10.9. The van der Waals surface area contributed by atoms with Crippen molar-refractivity contribution in [1.82, 2.24) is 14.5 Å². The van der Waals surface area contributed by atoms with Gasteiger partial charge in [-0.25, -0.2) is 13.2 Å². The van der Waals surface area contributed by atoms with E-state index >= 15 is 0 Å². The van der Waals surface area contributed by atoms with Crippen molar-refractivity contribution in [3.8, 4) is 0 Å². The summed E-state index contributed by atoms with van der Waals surface area (Å²) in [5, 5.41) is 2.86. The van der Waals surface area contributed by atoms with Crippen LogP contribution in [0.4, 0.5) is 4.79 Å². The smallest absolute Gasteiger partial charge is 0.409 e. The topological polar surface area (TPSA) is 96.0 Å². The van der Waals surface area contributed by atoms with E-state index in [1.165, 1.54) is 4.31 Å². The number of carbonyl (C=O) groups is 2. The van der Waals surface area contributed by atoms with Crippen molar-refractivity contribution in [1.29, 1.82) is 0 Å². The van der Waals surface area contributed by atoms with Crippen molar-refractivity contribution in [3.05, 3.63) is 0 Å². The van der Waals surface area contributed by atoms with Gasteiger partial charge in [-0.1, -0.05) is 0 Å². The molecule has 0 aromatic heterocycles. The Morgan fingerprint density at radius 2 is 1.79 bits per heavy atom. The van der Waals surface area contributed by atoms with Gasteiger partial charge in [-0.15, -0.1) is 0 Å². The Balaban J connectivity index is 2.53. The maximum absolute atomic E-state index is 12.2. The van der Waals surface area contributed by atoms with Crippen LogP contribution in [0.25, 0.3) is 0 Å². The molecule has 0 radical (unpaired) electrons. The van der Waals surface area contributed by atoms with E-state index in [0.29, 0.717) is 32.5 Å². The quantitative estimate of drug-likeness (QED) is 0.779. The van der Waals surface area contributed by atoms with Crippen LogP contribution in [0.3, 0.4) is 0 Å². The molecule has 0 unspecified atom stereocenters. The average molecular weight is 363 g/mol. The molecule has 1 heterocycles. The molecule has 140 valence electrons. The second-order valence-electron chi connectivity index (χ2n) is 6.97. The Morgan fingerprint density at radius 1 is 1.25 bits per heavy atom. The molecule has 1 fully saturated rings. The summed E-state index contributed by atoms with van der Waals surface area (Å²) in [5.41, 5.74) is -0.668. The molecule has 0 aromatic carbocycles. The average Bonchev–Trinajstić information content (AvgIpc) is 2.43. The molecule has 1 aliphatic rings. The van der Waals surface area contributed by atoms with Gasteiger partial charge in [0.15, 0.2) is 0 Å². The zero-order valence-corrected chi connectivity index (χ0v) is 16.0. The Morgan fingerprint density at radius 3 is 2.21 bits per heavy atom. The first kappa shape index (κ1) is 20.7. The maximum Gasteiger partial charge on any atom is 0.409 e. The lowest BCUT2D eigenvalue weighted by atomic mass is 10.1. The van der Waals surface area contributed by atoms with E-state index in [9.17, 15) is 18.0 Å². The Kier molecular flexibility index (Phi) is 7.03. The van der Waals surface area contributed by atoms with E-state index in [1.807, 2.05) is 0 Å². The minimum Gasteiger partial charge on any atom is -0.450 e. The van der Waals surface area contributed by atoms with Gasteiger partial charge in [-0.3, -0.25) is 4.79 Å². The second-order valence-corrected chi connectivity index (χ2v) is 8.88. The lowest BCUT2D eigenvalue weighted by Gasteiger charge is -2.34. The fourth-order valence-electron chi connectivity index (χ4n) is 2.68. The summed E-state index contributed by atoms with van der Waals surface area (Å²) < 4.78 is 29.9. The van der Waals surface area contributed by atoms with Crippen molar-refractivity contribution >= 4 is 22.0 Å². The highest BCUT2D eigenvalue weighted by Gasteiger charge is 2.32. The number of amides is 2. The molecule has 1 rings (SSSR count). The van der Waals surface area contributed by atoms with Crippen molar-refractivity contribution in [2.75, 3.05) is 32.5 Å². The van der Waals surface area contributed by atoms with Gasteiger partial charge in [0.05, 0.1) is 19.4 Å². The Labute approximate surface area is 144 Å². The summed E-state index contributed by atoms with van der Waals surface area (Å²) in [4.78, 5) is 25.5. The third-order valence-corrected chi connectivity index (χ3v) is 5.30. The molecule has 0 saturated carbocycles. The van der Waals surface area contributed by atoms with Crippen LogP contribution in [0.5, 0.6) is 0 Å². The van der Waals surface area contributed by atoms with Gasteiger partial charge in [0.2, 0.25) is 15.9 Å². The van der Waals surface area contributed by atoms with E-state index in [4.69, 9.17) is 4.74 Å². The number of nitrogens with zero attached hydrogens (tertiary/aromatic N) is 2. The molecule has 9 heteroatoms. The number of piperidine rings is 1. The molecular weight excluding hydrogens is 334 g/mol. The van der Waals surface area contributed by atoms with Crippen LogP contribution in [-0.4, -0.2) is 73.7 Å². The number of hydrogen-bond acceptors (Lipinski definition) is 5. The van der Waals surface area contributed by atoms with E-state index in [2.05, 4.69) is 5.32 Å². The number of hydrogen-bond donors (Lipinski definition) is 1. The molecule has 1 saturated heterocycles. The van der Waals surface area contributed by atoms with Crippen LogP contribution in [0.15, 0.2) is 0 Å². The Bertz CT molecular complexity index is 548. The molecule has 0 aliphatic carbocycles. The molecular formula is C15H29N3O5S. The van der Waals surface area contributed by atoms with Crippen molar-refractivity contribution in [2.45, 2.75) is 52.1 Å². The summed E-state index contributed by atoms with van der Waals surface area (Å²) in [6.45, 7) is 8.16. The van der Waals surface area contributed by atoms with Crippen molar-refractivity contribution in [2.24, 2.45) is 0 Å². The standard InChI is InChI=1S/C15H29N3O5S/c1-6-23-14(20)17-9-7-12(8-10-17)16-13(19)11-18(15(2,3)4)24(5,21)22/h12H,6-11H2,1-5H3,(H,16,19). The van der Waals surface area contributed by atoms with Gasteiger partial charge in [-0.05, 0) is 40.5 Å². The van der Waals surface area contributed by atoms with Crippen LogP contribution in [-0.2, 0) is 19.6 Å². The largest absolute Gasteiger partial charge is 0.450 e. The Hall–Kier alpha value is -1.35. The van der Waals surface area contributed by atoms with Gasteiger partial charge in [-0.2, -0.15) is 4.31 Å². The van der Waals surface area contributed by atoms with Crippen molar-refractivity contribution < 1.29 is 22.7 Å². The molecule has 8 nitrogen and oxygen atoms in total. The number of rotatable bonds is 5. The number of ether oxygens (including phenoxy) is 1. The third kappa shape index (κ3) is 6.27. The lowest BCUT2D eigenvalue weighted by Crippen LogP contribution is -2.53. The van der Waals surface area contributed by atoms with Gasteiger partial charge in [0.1, 0.15) is 0 Å². The highest BCUT2D eigenvalue weighted by molar-refractivity contribution is 7.88. The zero-order valence-electron chi connectivity index (χ0n) is 15.2. The summed E-state index contributed by atoms with van der Waals surface area (Å²) in [5.74, 6) is -0.329. The minimum atomic E-state index is -3.48. The molecule has 0 bridgehead atoms. The van der Waals surface area contributed by atoms with Gasteiger partial charge in [0.25, 0.3) is 0 Å².